The number of hydrogen-bond acceptors (Lipinski definition) is 14. The number of amides is 2. The van der Waals surface area contributed by atoms with E-state index in [0.717, 1.165) is 0 Å². The van der Waals surface area contributed by atoms with E-state index in [0.29, 0.717) is 5.56 Å². The van der Waals surface area contributed by atoms with Gasteiger partial charge < -0.3 is 44.5 Å². The summed E-state index contributed by atoms with van der Waals surface area (Å²) in [5, 5.41) is 53.7. The molecule has 1 saturated heterocycles. The van der Waals surface area contributed by atoms with Crippen LogP contribution in [0.5, 0.6) is 28.7 Å². The van der Waals surface area contributed by atoms with Crippen LogP contribution in [0.15, 0.2) is 42.5 Å². The average Bonchev–Trinajstić information content (AvgIpc) is 3.14. The summed E-state index contributed by atoms with van der Waals surface area (Å²) in [6.07, 6.45) is -10.3. The molecule has 3 heterocycles. The number of rotatable bonds is 5. The first kappa shape index (κ1) is 38.1. The first-order chi connectivity index (χ1) is 25.2. The molecule has 1 fully saturated rings. The molecule has 6 rings (SSSR count). The van der Waals surface area contributed by atoms with Gasteiger partial charge in [-0.25, -0.2) is 4.79 Å². The van der Waals surface area contributed by atoms with Crippen LogP contribution in [0, 0.1) is 6.92 Å². The van der Waals surface area contributed by atoms with Gasteiger partial charge in [-0.2, -0.15) is 0 Å². The third kappa shape index (κ3) is 7.59. The Bertz CT molecular complexity index is 1960. The Hall–Kier alpha value is -4.63. The number of likely N-dealkylation sites (N-methyl/N-ethyl adjacent to an activating group) is 2. The molecule has 2 amide bonds. The van der Waals surface area contributed by atoms with E-state index in [2.05, 4.69) is 0 Å². The van der Waals surface area contributed by atoms with Crippen LogP contribution in [0.1, 0.15) is 44.4 Å². The number of Topliss-reactive ketones (excluding diaryl/α,β-unsaturated/α-hetero) is 1. The summed E-state index contributed by atoms with van der Waals surface area (Å²) in [7, 11) is 3.06. The van der Waals surface area contributed by atoms with E-state index in [1.165, 1.54) is 54.1 Å². The van der Waals surface area contributed by atoms with Crippen LogP contribution in [0.3, 0.4) is 0 Å². The fraction of sp³-hybridized carbons (Fsp3) is 0.371. The zero-order chi connectivity index (χ0) is 38.3. The molecular weight excluding hydrogens is 810 g/mol. The van der Waals surface area contributed by atoms with Gasteiger partial charge in [0.05, 0.1) is 6.42 Å². The number of aromatic hydroxyl groups is 2. The van der Waals surface area contributed by atoms with Gasteiger partial charge in [0, 0.05) is 11.6 Å². The Morgan fingerprint density at radius 3 is 2.40 bits per heavy atom. The Kier molecular flexibility index (Phi) is 11.1. The molecule has 53 heavy (non-hydrogen) atoms. The van der Waals surface area contributed by atoms with Gasteiger partial charge in [0.2, 0.25) is 6.29 Å². The fourth-order valence-electron chi connectivity index (χ4n) is 6.03. The number of ether oxygens (including phenoxy) is 5. The van der Waals surface area contributed by atoms with Crippen LogP contribution in [-0.2, 0) is 9.47 Å². The van der Waals surface area contributed by atoms with Crippen LogP contribution >= 0.6 is 0 Å². The minimum absolute atomic E-state index is 0.0334. The quantitative estimate of drug-likeness (QED) is 0.0670. The van der Waals surface area contributed by atoms with Crippen LogP contribution in [0.2, 0.25) is 0 Å². The standard InChI is InChI=1S/C35H35BIN2O14/c1-15-23-13-25-27(28(15)42)21(41)12-24(50-25)17-5-7-22(53-35(48)39(3)9-8-38(2)34(47)37-36)18(11-17)16-4-6-20(40)19(10-16)32(46)49-14-26-29(43)30(44)31(45)33(51-23)52-26/h4-7,10-11,13,24,26,29-31,33,40,42-45H,8-9,12,14H2,1-3H3/q-1/t24-,26?,29?,30?,31?,33?/m1/s1. The molecule has 280 valence electrons. The van der Waals surface area contributed by atoms with Crippen molar-refractivity contribution in [2.24, 2.45) is 0 Å². The Balaban J connectivity index is 1.43. The number of carbonyl (C=O) groups is 4. The maximum absolute atomic E-state index is 13.5. The summed E-state index contributed by atoms with van der Waals surface area (Å²) in [6, 6.07) is 9.95. The van der Waals surface area contributed by atoms with E-state index in [1.54, 1.807) is 19.2 Å². The number of ketones is 1. The van der Waals surface area contributed by atoms with Crippen LogP contribution in [-0.4, -0.2) is 127 Å². The predicted octanol–water partition coefficient (Wildman–Crippen LogP) is -1.21. The minimum Gasteiger partial charge on any atom is -0.507 e. The van der Waals surface area contributed by atoms with Crippen molar-refractivity contribution in [3.05, 3.63) is 64.7 Å². The number of carbonyl (C=O) groups excluding carboxylic acids is 4. The number of halogens is 1. The molecule has 9 bridgehead atoms. The molecule has 16 nitrogen and oxygen atoms in total. The summed E-state index contributed by atoms with van der Waals surface area (Å²) < 4.78 is 28.8. The van der Waals surface area contributed by atoms with Gasteiger partial charge in [-0.3, -0.25) is 4.79 Å². The Morgan fingerprint density at radius 2 is 1.66 bits per heavy atom. The normalized spacial score (nSPS) is 23.5. The molecule has 18 heteroatoms. The molecule has 0 aromatic heterocycles. The van der Waals surface area contributed by atoms with Gasteiger partial charge in [-0.1, -0.05) is 0 Å². The van der Waals surface area contributed by atoms with Crippen molar-refractivity contribution in [2.75, 3.05) is 33.8 Å². The second-order valence-electron chi connectivity index (χ2n) is 12.7. The van der Waals surface area contributed by atoms with Gasteiger partial charge >= 0.3 is 164 Å². The van der Waals surface area contributed by atoms with E-state index < -0.39 is 93.8 Å². The molecule has 5 N–H and O–H groups in total. The topological polar surface area (TPSA) is 222 Å². The van der Waals surface area contributed by atoms with Gasteiger partial charge in [0.15, 0.2) is 5.78 Å². The number of fused-ring (bicyclic) bond motifs is 10. The number of aliphatic hydroxyl groups excluding tert-OH is 3. The van der Waals surface area contributed by atoms with Gasteiger partial charge in [-0.05, 0) is 6.92 Å². The Labute approximate surface area is 314 Å². The van der Waals surface area contributed by atoms with Gasteiger partial charge in [0.1, 0.15) is 59.6 Å². The molecule has 0 spiro atoms. The van der Waals surface area contributed by atoms with E-state index in [-0.39, 0.29) is 68.5 Å². The van der Waals surface area contributed by atoms with Crippen LogP contribution in [0.4, 0.5) is 9.59 Å². The minimum atomic E-state index is -1.81. The predicted molar refractivity (Wildman–Crippen MR) is 179 cm³/mol. The summed E-state index contributed by atoms with van der Waals surface area (Å²) in [4.78, 5) is 54.7. The zero-order valence-corrected chi connectivity index (χ0v) is 30.8. The van der Waals surface area contributed by atoms with Crippen LogP contribution < -0.4 is 35.2 Å². The number of phenols is 2. The molecular formula is C35H35BIN2O14-. The number of cyclic esters (lactones) is 1. The molecule has 2 radical (unpaired) electrons. The van der Waals surface area contributed by atoms with Crippen molar-refractivity contribution in [2.45, 2.75) is 50.2 Å². The second kappa shape index (κ2) is 15.4. The zero-order valence-electron chi connectivity index (χ0n) is 28.6. The summed E-state index contributed by atoms with van der Waals surface area (Å²) in [5.74, 6) is -2.50. The van der Waals surface area contributed by atoms with Gasteiger partial charge in [0.25, 0.3) is 0 Å². The number of nitrogens with zero attached hydrogens (tertiary/aromatic N) is 2. The van der Waals surface area contributed by atoms with Crippen LogP contribution in [0.25, 0.3) is 11.1 Å². The first-order valence-corrected chi connectivity index (χ1v) is 18.6. The molecule has 3 aromatic carbocycles. The molecule has 5 unspecified atom stereocenters. The number of hydrogen-bond donors (Lipinski definition) is 5. The number of phenolic OH excluding ortho intramolecular Hbond substituents is 2. The third-order valence-electron chi connectivity index (χ3n) is 9.26. The molecule has 0 aliphatic carbocycles. The molecule has 6 atom stereocenters. The summed E-state index contributed by atoms with van der Waals surface area (Å²) in [6.45, 7) is 1.13. The maximum atomic E-state index is 13.5. The SMILES string of the molecule is [B][I-]C(=O)N(C)CCN(C)C(=O)Oc1ccc2cc1-c1ccc(O)c(c1)C(=O)OCC1OC(Oc3cc4c(c(O)c3C)C(=O)C[C@H]2O4)C(O)C(O)C1O. The number of esters is 1. The van der Waals surface area contributed by atoms with Crippen molar-refractivity contribution < 1.29 is 89.4 Å². The molecule has 3 aliphatic heterocycles. The monoisotopic (exact) mass is 845 g/mol. The van der Waals surface area contributed by atoms with Crippen molar-refractivity contribution in [1.29, 1.82) is 0 Å². The van der Waals surface area contributed by atoms with Gasteiger partial charge in [-0.15, -0.1) is 0 Å². The van der Waals surface area contributed by atoms with E-state index >= 15 is 0 Å². The Morgan fingerprint density at radius 1 is 0.925 bits per heavy atom. The second-order valence-corrected chi connectivity index (χ2v) is 14.3. The van der Waals surface area contributed by atoms with E-state index in [4.69, 9.17) is 29.4 Å². The number of aliphatic hydroxyl groups is 3. The molecule has 0 saturated carbocycles. The number of benzene rings is 3. The van der Waals surface area contributed by atoms with Crippen molar-refractivity contribution in [3.8, 4) is 39.9 Å². The average molecular weight is 845 g/mol. The fourth-order valence-corrected chi connectivity index (χ4v) is 6.75. The van der Waals surface area contributed by atoms with E-state index in [1.807, 2.05) is 0 Å². The first-order valence-electron chi connectivity index (χ1n) is 16.3. The smallest absolute Gasteiger partial charge is 0.507 e. The summed E-state index contributed by atoms with van der Waals surface area (Å²) in [5.41, 5.74) is 6.18. The summed E-state index contributed by atoms with van der Waals surface area (Å²) >= 11 is -1.15. The van der Waals surface area contributed by atoms with Crippen molar-refractivity contribution in [3.63, 3.8) is 0 Å². The van der Waals surface area contributed by atoms with Crippen molar-refractivity contribution in [1.82, 2.24) is 9.80 Å². The third-order valence-corrected chi connectivity index (χ3v) is 10.6. The van der Waals surface area contributed by atoms with Crippen molar-refractivity contribution >= 4 is 27.5 Å². The molecule has 3 aliphatic rings. The molecule has 3 aromatic rings. The van der Waals surface area contributed by atoms with E-state index in [9.17, 15) is 44.7 Å².